The zero-order valence-corrected chi connectivity index (χ0v) is 11.6. The Morgan fingerprint density at radius 2 is 2.30 bits per heavy atom. The van der Waals surface area contributed by atoms with E-state index in [1.807, 2.05) is 6.20 Å². The predicted molar refractivity (Wildman–Crippen MR) is 75.8 cm³/mol. The number of aromatic carboxylic acids is 1. The second-order valence-corrected chi connectivity index (χ2v) is 4.52. The molecule has 0 aliphatic heterocycles. The van der Waals surface area contributed by atoms with E-state index >= 15 is 0 Å². The summed E-state index contributed by atoms with van der Waals surface area (Å²) < 4.78 is 6.72. The number of nitrogens with zero attached hydrogens (tertiary/aromatic N) is 2. The van der Waals surface area contributed by atoms with E-state index in [9.17, 15) is 4.79 Å². The number of methoxy groups -OCH3 is 1. The molecule has 0 unspecified atom stereocenters. The van der Waals surface area contributed by atoms with Crippen LogP contribution in [0.15, 0.2) is 30.6 Å². The summed E-state index contributed by atoms with van der Waals surface area (Å²) >= 11 is 5.91. The van der Waals surface area contributed by atoms with Gasteiger partial charge in [-0.15, -0.1) is 0 Å². The molecule has 1 heterocycles. The highest BCUT2D eigenvalue weighted by Crippen LogP contribution is 2.23. The van der Waals surface area contributed by atoms with E-state index in [0.29, 0.717) is 18.8 Å². The number of carboxylic acids is 1. The van der Waals surface area contributed by atoms with E-state index in [1.165, 1.54) is 6.07 Å². The molecule has 0 amide bonds. The minimum atomic E-state index is -1.05. The van der Waals surface area contributed by atoms with Gasteiger partial charge in [0, 0.05) is 19.0 Å². The first kappa shape index (κ1) is 14.4. The van der Waals surface area contributed by atoms with Gasteiger partial charge >= 0.3 is 5.97 Å². The lowest BCUT2D eigenvalue weighted by molar-refractivity contribution is 0.0697. The lowest BCUT2D eigenvalue weighted by Gasteiger charge is -2.05. The molecule has 20 heavy (non-hydrogen) atoms. The van der Waals surface area contributed by atoms with E-state index in [1.54, 1.807) is 30.1 Å². The zero-order valence-electron chi connectivity index (χ0n) is 10.8. The first-order valence-corrected chi connectivity index (χ1v) is 6.29. The summed E-state index contributed by atoms with van der Waals surface area (Å²) in [6.45, 7) is 1.25. The summed E-state index contributed by atoms with van der Waals surface area (Å²) in [5.41, 5.74) is 1.57. The fourth-order valence-electron chi connectivity index (χ4n) is 1.67. The van der Waals surface area contributed by atoms with Crippen LogP contribution in [-0.4, -0.2) is 34.6 Å². The highest BCUT2D eigenvalue weighted by molar-refractivity contribution is 6.33. The number of carboxylic acid groups (broad SMARTS) is 1. The van der Waals surface area contributed by atoms with E-state index in [4.69, 9.17) is 21.4 Å². The average Bonchev–Trinajstić information content (AvgIpc) is 2.83. The maximum atomic E-state index is 10.9. The van der Waals surface area contributed by atoms with Gasteiger partial charge < -0.3 is 15.2 Å². The first-order chi connectivity index (χ1) is 9.60. The van der Waals surface area contributed by atoms with Gasteiger partial charge in [-0.1, -0.05) is 11.6 Å². The Labute approximate surface area is 120 Å². The summed E-state index contributed by atoms with van der Waals surface area (Å²) in [5, 5.41) is 16.4. The van der Waals surface area contributed by atoms with Crippen LogP contribution in [0.25, 0.3) is 0 Å². The maximum Gasteiger partial charge on any atom is 0.337 e. The molecule has 0 saturated heterocycles. The van der Waals surface area contributed by atoms with Crippen molar-refractivity contribution in [3.8, 4) is 0 Å². The van der Waals surface area contributed by atoms with Crippen LogP contribution in [0.1, 0.15) is 10.4 Å². The molecule has 0 aliphatic rings. The molecule has 1 aromatic heterocycles. The molecular weight excluding hydrogens is 282 g/mol. The van der Waals surface area contributed by atoms with Crippen molar-refractivity contribution in [3.63, 3.8) is 0 Å². The number of benzene rings is 1. The standard InChI is InChI=1S/C13H14ClN3O3/c1-20-5-4-17-8-10(7-15-17)16-9-2-3-11(13(18)19)12(14)6-9/h2-3,6-8,16H,4-5H2,1H3,(H,18,19). The second-order valence-electron chi connectivity index (χ2n) is 4.11. The van der Waals surface area contributed by atoms with E-state index < -0.39 is 5.97 Å². The third-order valence-corrected chi connectivity index (χ3v) is 2.96. The molecular formula is C13H14ClN3O3. The molecule has 0 spiro atoms. The van der Waals surface area contributed by atoms with Crippen LogP contribution in [0.3, 0.4) is 0 Å². The zero-order chi connectivity index (χ0) is 14.5. The molecule has 7 heteroatoms. The number of aromatic nitrogens is 2. The minimum absolute atomic E-state index is 0.0769. The fraction of sp³-hybridized carbons (Fsp3) is 0.231. The fourth-order valence-corrected chi connectivity index (χ4v) is 1.93. The van der Waals surface area contributed by atoms with Gasteiger partial charge in [-0.3, -0.25) is 4.68 Å². The number of halogens is 1. The molecule has 0 aliphatic carbocycles. The highest BCUT2D eigenvalue weighted by atomic mass is 35.5. The Kier molecular flexibility index (Phi) is 4.60. The molecule has 1 aromatic carbocycles. The number of rotatable bonds is 6. The van der Waals surface area contributed by atoms with E-state index in [0.717, 1.165) is 5.69 Å². The van der Waals surface area contributed by atoms with Crippen molar-refractivity contribution in [1.82, 2.24) is 9.78 Å². The molecule has 106 valence electrons. The molecule has 2 N–H and O–H groups in total. The van der Waals surface area contributed by atoms with Crippen molar-refractivity contribution in [1.29, 1.82) is 0 Å². The van der Waals surface area contributed by atoms with Crippen molar-refractivity contribution < 1.29 is 14.6 Å². The summed E-state index contributed by atoms with van der Waals surface area (Å²) in [6.07, 6.45) is 3.51. The number of ether oxygens (including phenoxy) is 1. The van der Waals surface area contributed by atoms with Gasteiger partial charge in [0.05, 0.1) is 35.6 Å². The molecule has 6 nitrogen and oxygen atoms in total. The summed E-state index contributed by atoms with van der Waals surface area (Å²) in [6, 6.07) is 4.68. The Balaban J connectivity index is 2.08. The van der Waals surface area contributed by atoms with E-state index in [-0.39, 0.29) is 10.6 Å². The topological polar surface area (TPSA) is 76.4 Å². The Morgan fingerprint density at radius 1 is 1.50 bits per heavy atom. The normalized spacial score (nSPS) is 10.5. The quantitative estimate of drug-likeness (QED) is 0.857. The molecule has 0 radical (unpaired) electrons. The number of nitrogens with one attached hydrogen (secondary N) is 1. The van der Waals surface area contributed by atoms with Crippen LogP contribution in [0.5, 0.6) is 0 Å². The molecule has 2 rings (SSSR count). The van der Waals surface area contributed by atoms with Crippen LogP contribution in [0, 0.1) is 0 Å². The summed E-state index contributed by atoms with van der Waals surface area (Å²) in [7, 11) is 1.63. The third kappa shape index (κ3) is 3.49. The maximum absolute atomic E-state index is 10.9. The SMILES string of the molecule is COCCn1cc(Nc2ccc(C(=O)O)c(Cl)c2)cn1. The molecule has 0 bridgehead atoms. The van der Waals surface area contributed by atoms with Crippen LogP contribution in [0.2, 0.25) is 5.02 Å². The van der Waals surface area contributed by atoms with Crippen LogP contribution in [-0.2, 0) is 11.3 Å². The van der Waals surface area contributed by atoms with Crippen LogP contribution in [0.4, 0.5) is 11.4 Å². The van der Waals surface area contributed by atoms with Crippen molar-refractivity contribution >= 4 is 28.9 Å². The predicted octanol–water partition coefficient (Wildman–Crippen LogP) is 2.62. The Hall–Kier alpha value is -2.05. The number of carbonyl (C=O) groups is 1. The third-order valence-electron chi connectivity index (χ3n) is 2.65. The highest BCUT2D eigenvalue weighted by Gasteiger charge is 2.09. The first-order valence-electron chi connectivity index (χ1n) is 5.91. The Morgan fingerprint density at radius 3 is 2.95 bits per heavy atom. The van der Waals surface area contributed by atoms with Gasteiger partial charge in [-0.25, -0.2) is 4.79 Å². The Bertz CT molecular complexity index is 613. The number of hydrogen-bond donors (Lipinski definition) is 2. The van der Waals surface area contributed by atoms with Crippen molar-refractivity contribution in [2.75, 3.05) is 19.0 Å². The number of hydrogen-bond acceptors (Lipinski definition) is 4. The van der Waals surface area contributed by atoms with Gasteiger partial charge in [-0.2, -0.15) is 5.10 Å². The van der Waals surface area contributed by atoms with Gasteiger partial charge in [0.1, 0.15) is 0 Å². The molecule has 2 aromatic rings. The molecule has 0 fully saturated rings. The summed E-state index contributed by atoms with van der Waals surface area (Å²) in [4.78, 5) is 10.9. The van der Waals surface area contributed by atoms with Crippen LogP contribution < -0.4 is 5.32 Å². The van der Waals surface area contributed by atoms with Gasteiger partial charge in [-0.05, 0) is 18.2 Å². The van der Waals surface area contributed by atoms with Gasteiger partial charge in [0.2, 0.25) is 0 Å². The molecule has 0 atom stereocenters. The number of anilines is 2. The second kappa shape index (κ2) is 6.40. The van der Waals surface area contributed by atoms with Crippen molar-refractivity contribution in [2.24, 2.45) is 0 Å². The van der Waals surface area contributed by atoms with Gasteiger partial charge in [0.25, 0.3) is 0 Å². The lowest BCUT2D eigenvalue weighted by Crippen LogP contribution is -2.03. The largest absolute Gasteiger partial charge is 0.478 e. The van der Waals surface area contributed by atoms with Crippen molar-refractivity contribution in [3.05, 3.63) is 41.2 Å². The average molecular weight is 296 g/mol. The molecule has 0 saturated carbocycles. The minimum Gasteiger partial charge on any atom is -0.478 e. The monoisotopic (exact) mass is 295 g/mol. The summed E-state index contributed by atoms with van der Waals surface area (Å²) in [5.74, 6) is -1.05. The lowest BCUT2D eigenvalue weighted by atomic mass is 10.2. The van der Waals surface area contributed by atoms with Gasteiger partial charge in [0.15, 0.2) is 0 Å². The van der Waals surface area contributed by atoms with Crippen molar-refractivity contribution in [2.45, 2.75) is 6.54 Å². The smallest absolute Gasteiger partial charge is 0.337 e. The van der Waals surface area contributed by atoms with Crippen LogP contribution >= 0.6 is 11.6 Å². The van der Waals surface area contributed by atoms with E-state index in [2.05, 4.69) is 10.4 Å².